The zero-order valence-electron chi connectivity index (χ0n) is 10.8. The molecule has 1 fully saturated rings. The summed E-state index contributed by atoms with van der Waals surface area (Å²) in [5.74, 6) is 0.951. The van der Waals surface area contributed by atoms with Crippen LogP contribution in [0.15, 0.2) is 35.7 Å². The number of rotatable bonds is 3. The lowest BCUT2D eigenvalue weighted by molar-refractivity contribution is 0.664. The minimum absolute atomic E-state index is 0.165. The Labute approximate surface area is 126 Å². The second-order valence-corrected chi connectivity index (χ2v) is 6.61. The lowest BCUT2D eigenvalue weighted by Gasteiger charge is -2.13. The topological polar surface area (TPSA) is 43.8 Å². The molecule has 0 aliphatic heterocycles. The normalized spacial score (nSPS) is 16.7. The van der Waals surface area contributed by atoms with Gasteiger partial charge < -0.3 is 10.3 Å². The molecule has 102 valence electrons. The van der Waals surface area contributed by atoms with Crippen molar-refractivity contribution in [3.8, 4) is 0 Å². The number of nitrogens with zero attached hydrogens (tertiary/aromatic N) is 2. The smallest absolute Gasteiger partial charge is 0.132 e. The van der Waals surface area contributed by atoms with Crippen LogP contribution in [0, 0.1) is 0 Å². The molecule has 20 heavy (non-hydrogen) atoms. The predicted octanol–water partition coefficient (Wildman–Crippen LogP) is 4.13. The molecule has 4 rings (SSSR count). The quantitative estimate of drug-likeness (QED) is 0.790. The first-order valence-electron chi connectivity index (χ1n) is 6.70. The zero-order valence-corrected chi connectivity index (χ0v) is 12.4. The van der Waals surface area contributed by atoms with Gasteiger partial charge in [0.15, 0.2) is 0 Å². The van der Waals surface area contributed by atoms with E-state index in [0.717, 1.165) is 26.8 Å². The van der Waals surface area contributed by atoms with Gasteiger partial charge in [0.2, 0.25) is 0 Å². The van der Waals surface area contributed by atoms with E-state index in [1.54, 1.807) is 11.3 Å². The van der Waals surface area contributed by atoms with E-state index in [9.17, 15) is 0 Å². The summed E-state index contributed by atoms with van der Waals surface area (Å²) in [6.45, 7) is 0. The minimum atomic E-state index is -0.165. The van der Waals surface area contributed by atoms with Crippen molar-refractivity contribution in [3.63, 3.8) is 0 Å². The summed E-state index contributed by atoms with van der Waals surface area (Å²) >= 11 is 7.81. The van der Waals surface area contributed by atoms with Gasteiger partial charge in [-0.1, -0.05) is 17.7 Å². The summed E-state index contributed by atoms with van der Waals surface area (Å²) in [6, 6.07) is 10.3. The Morgan fingerprint density at radius 1 is 1.35 bits per heavy atom. The number of benzene rings is 1. The van der Waals surface area contributed by atoms with Gasteiger partial charge in [0.05, 0.1) is 17.1 Å². The van der Waals surface area contributed by atoms with Gasteiger partial charge in [-0.2, -0.15) is 0 Å². The Hall–Kier alpha value is -1.36. The number of halogens is 1. The van der Waals surface area contributed by atoms with E-state index in [1.165, 1.54) is 12.8 Å². The molecular weight excluding hydrogens is 290 g/mol. The van der Waals surface area contributed by atoms with E-state index in [0.29, 0.717) is 6.04 Å². The van der Waals surface area contributed by atoms with Crippen molar-refractivity contribution in [3.05, 3.63) is 51.4 Å². The van der Waals surface area contributed by atoms with Gasteiger partial charge in [-0.15, -0.1) is 11.3 Å². The Morgan fingerprint density at radius 3 is 2.90 bits per heavy atom. The molecule has 1 atom stereocenters. The summed E-state index contributed by atoms with van der Waals surface area (Å²) in [6.07, 6.45) is 2.39. The summed E-state index contributed by atoms with van der Waals surface area (Å²) < 4.78 is 2.28. The van der Waals surface area contributed by atoms with E-state index in [1.807, 2.05) is 24.3 Å². The molecule has 0 saturated heterocycles. The fourth-order valence-electron chi connectivity index (χ4n) is 2.62. The monoisotopic (exact) mass is 303 g/mol. The van der Waals surface area contributed by atoms with Crippen LogP contribution in [-0.2, 0) is 0 Å². The van der Waals surface area contributed by atoms with Crippen molar-refractivity contribution in [2.24, 2.45) is 5.73 Å². The number of aromatic nitrogens is 2. The number of nitrogens with two attached hydrogens (primary N) is 1. The largest absolute Gasteiger partial charge is 0.323 e. The van der Waals surface area contributed by atoms with Crippen molar-refractivity contribution >= 4 is 34.0 Å². The van der Waals surface area contributed by atoms with Gasteiger partial charge in [-0.25, -0.2) is 4.98 Å². The third-order valence-electron chi connectivity index (χ3n) is 3.72. The van der Waals surface area contributed by atoms with Gasteiger partial charge in [0.1, 0.15) is 5.82 Å². The third-order valence-corrected chi connectivity index (χ3v) is 4.91. The fraction of sp³-hybridized carbons (Fsp3) is 0.267. The van der Waals surface area contributed by atoms with Gasteiger partial charge in [0.25, 0.3) is 0 Å². The summed E-state index contributed by atoms with van der Waals surface area (Å²) in [5.41, 5.74) is 8.50. The van der Waals surface area contributed by atoms with E-state index < -0.39 is 0 Å². The summed E-state index contributed by atoms with van der Waals surface area (Å²) in [4.78, 5) is 5.90. The van der Waals surface area contributed by atoms with E-state index in [4.69, 9.17) is 22.3 Å². The van der Waals surface area contributed by atoms with Crippen LogP contribution in [0.1, 0.15) is 35.6 Å². The van der Waals surface area contributed by atoms with E-state index >= 15 is 0 Å². The molecule has 3 nitrogen and oxygen atoms in total. The van der Waals surface area contributed by atoms with Crippen molar-refractivity contribution in [2.45, 2.75) is 24.9 Å². The Balaban J connectivity index is 1.92. The van der Waals surface area contributed by atoms with Gasteiger partial charge in [0, 0.05) is 15.9 Å². The van der Waals surface area contributed by atoms with E-state index in [-0.39, 0.29) is 6.04 Å². The predicted molar refractivity (Wildman–Crippen MR) is 83.4 cm³/mol. The Kier molecular flexibility index (Phi) is 2.84. The van der Waals surface area contributed by atoms with Crippen LogP contribution in [-0.4, -0.2) is 9.55 Å². The molecule has 3 aromatic rings. The highest BCUT2D eigenvalue weighted by molar-refractivity contribution is 7.10. The van der Waals surface area contributed by atoms with Crippen LogP contribution in [0.4, 0.5) is 0 Å². The summed E-state index contributed by atoms with van der Waals surface area (Å²) in [5, 5.41) is 2.80. The molecule has 0 bridgehead atoms. The highest BCUT2D eigenvalue weighted by Gasteiger charge is 2.30. The average molecular weight is 304 g/mol. The number of imidazole rings is 1. The molecule has 1 saturated carbocycles. The SMILES string of the molecule is NC(c1cccs1)c1nc2ccc(Cl)cc2n1C1CC1. The lowest BCUT2D eigenvalue weighted by Crippen LogP contribution is -2.16. The lowest BCUT2D eigenvalue weighted by atomic mass is 10.2. The Bertz CT molecular complexity index is 759. The molecule has 1 aliphatic rings. The zero-order chi connectivity index (χ0) is 13.7. The van der Waals surface area contributed by atoms with Crippen molar-refractivity contribution in [1.82, 2.24) is 9.55 Å². The second-order valence-electron chi connectivity index (χ2n) is 5.20. The molecule has 0 amide bonds. The highest BCUT2D eigenvalue weighted by Crippen LogP contribution is 2.41. The highest BCUT2D eigenvalue weighted by atomic mass is 35.5. The molecule has 1 unspecified atom stereocenters. The average Bonchev–Trinajstić information content (AvgIpc) is 3.01. The number of hydrogen-bond acceptors (Lipinski definition) is 3. The number of fused-ring (bicyclic) bond motifs is 1. The van der Waals surface area contributed by atoms with Crippen LogP contribution < -0.4 is 5.73 Å². The minimum Gasteiger partial charge on any atom is -0.323 e. The van der Waals surface area contributed by atoms with Gasteiger partial charge in [-0.05, 0) is 42.5 Å². The standard InChI is InChI=1S/C15H14ClN3S/c16-9-3-6-11-12(8-9)19(10-4-5-10)15(18-11)14(17)13-2-1-7-20-13/h1-3,6-8,10,14H,4-5,17H2. The molecule has 1 aromatic carbocycles. The van der Waals surface area contributed by atoms with Crippen molar-refractivity contribution in [2.75, 3.05) is 0 Å². The second kappa shape index (κ2) is 4.58. The molecule has 2 aromatic heterocycles. The maximum Gasteiger partial charge on any atom is 0.132 e. The van der Waals surface area contributed by atoms with Crippen molar-refractivity contribution in [1.29, 1.82) is 0 Å². The molecule has 5 heteroatoms. The van der Waals surface area contributed by atoms with Crippen LogP contribution in [0.5, 0.6) is 0 Å². The first-order chi connectivity index (χ1) is 9.74. The van der Waals surface area contributed by atoms with Crippen LogP contribution in [0.3, 0.4) is 0 Å². The third kappa shape index (κ3) is 1.95. The first kappa shape index (κ1) is 12.4. The number of hydrogen-bond donors (Lipinski definition) is 1. The molecule has 0 spiro atoms. The van der Waals surface area contributed by atoms with Crippen molar-refractivity contribution < 1.29 is 0 Å². The molecule has 0 radical (unpaired) electrons. The molecular formula is C15H14ClN3S. The van der Waals surface area contributed by atoms with Crippen LogP contribution in [0.25, 0.3) is 11.0 Å². The van der Waals surface area contributed by atoms with Crippen LogP contribution >= 0.6 is 22.9 Å². The molecule has 1 aliphatic carbocycles. The molecule has 2 N–H and O–H groups in total. The Morgan fingerprint density at radius 2 is 2.20 bits per heavy atom. The first-order valence-corrected chi connectivity index (χ1v) is 7.96. The van der Waals surface area contributed by atoms with Crippen LogP contribution in [0.2, 0.25) is 5.02 Å². The molecule has 2 heterocycles. The fourth-order valence-corrected chi connectivity index (χ4v) is 3.51. The number of thiophene rings is 1. The van der Waals surface area contributed by atoms with E-state index in [2.05, 4.69) is 16.0 Å². The maximum absolute atomic E-state index is 6.42. The summed E-state index contributed by atoms with van der Waals surface area (Å²) in [7, 11) is 0. The maximum atomic E-state index is 6.42. The van der Waals surface area contributed by atoms with Gasteiger partial charge >= 0.3 is 0 Å². The van der Waals surface area contributed by atoms with Gasteiger partial charge in [-0.3, -0.25) is 0 Å².